The lowest BCUT2D eigenvalue weighted by Gasteiger charge is -2.23. The van der Waals surface area contributed by atoms with E-state index in [-0.39, 0.29) is 12.5 Å². The maximum absolute atomic E-state index is 13.2. The number of carbonyl (C=O) groups excluding carboxylic acids is 4. The zero-order valence-electron chi connectivity index (χ0n) is 16.4. The zero-order chi connectivity index (χ0) is 21.5. The largest absolute Gasteiger partial charge is 0.427 e. The SMILES string of the molecule is CNC(=O)Nc1ccc2c(c1)CCC21OC(=O)N(CC(=O)N2CCC[C@@H]2C#N)C1=O. The van der Waals surface area contributed by atoms with Crippen LogP contribution in [0.25, 0.3) is 0 Å². The summed E-state index contributed by atoms with van der Waals surface area (Å²) in [6.07, 6.45) is 1.20. The quantitative estimate of drug-likeness (QED) is 0.765. The molecular weight excluding hydrogens is 390 g/mol. The number of anilines is 1. The first kappa shape index (κ1) is 19.7. The average molecular weight is 411 g/mol. The fraction of sp³-hybridized carbons (Fsp3) is 0.450. The number of hydrogen-bond acceptors (Lipinski definition) is 6. The molecule has 2 N–H and O–H groups in total. The topological polar surface area (TPSA) is 132 Å². The molecule has 2 saturated heterocycles. The van der Waals surface area contributed by atoms with E-state index in [0.717, 1.165) is 10.5 Å². The first-order valence-corrected chi connectivity index (χ1v) is 9.76. The van der Waals surface area contributed by atoms with Gasteiger partial charge in [0.15, 0.2) is 0 Å². The standard InChI is InChI=1S/C20H21N5O5/c1-22-18(28)23-13-4-5-15-12(9-13)6-7-20(15)17(27)25(19(29)30-20)11-16(26)24-8-2-3-14(24)10-21/h4-5,9,14H,2-3,6-8,11H2,1H3,(H2,22,23,28)/t14-,20?/m1/s1. The molecule has 1 aliphatic carbocycles. The van der Waals surface area contributed by atoms with Crippen molar-refractivity contribution in [2.24, 2.45) is 0 Å². The fourth-order valence-electron chi connectivity index (χ4n) is 4.35. The van der Waals surface area contributed by atoms with Crippen molar-refractivity contribution < 1.29 is 23.9 Å². The van der Waals surface area contributed by atoms with Crippen LogP contribution in [0.1, 0.15) is 30.4 Å². The van der Waals surface area contributed by atoms with Crippen LogP contribution in [0.15, 0.2) is 18.2 Å². The van der Waals surface area contributed by atoms with Crippen LogP contribution in [-0.2, 0) is 26.3 Å². The fourth-order valence-corrected chi connectivity index (χ4v) is 4.35. The van der Waals surface area contributed by atoms with Gasteiger partial charge in [0.2, 0.25) is 11.5 Å². The van der Waals surface area contributed by atoms with Crippen molar-refractivity contribution in [2.45, 2.75) is 37.3 Å². The molecule has 0 bridgehead atoms. The Morgan fingerprint density at radius 1 is 1.37 bits per heavy atom. The lowest BCUT2D eigenvalue weighted by Crippen LogP contribution is -2.45. The van der Waals surface area contributed by atoms with Gasteiger partial charge in [-0.1, -0.05) is 6.07 Å². The Labute approximate surface area is 172 Å². The van der Waals surface area contributed by atoms with E-state index >= 15 is 0 Å². The Morgan fingerprint density at radius 3 is 2.90 bits per heavy atom. The monoisotopic (exact) mass is 411 g/mol. The molecule has 1 aromatic carbocycles. The highest BCUT2D eigenvalue weighted by molar-refractivity contribution is 6.06. The number of aryl methyl sites for hydroxylation is 1. The Bertz CT molecular complexity index is 986. The van der Waals surface area contributed by atoms with Gasteiger partial charge in [-0.2, -0.15) is 5.26 Å². The molecule has 0 aromatic heterocycles. The van der Waals surface area contributed by atoms with Gasteiger partial charge >= 0.3 is 12.1 Å². The molecule has 4 rings (SSSR count). The van der Waals surface area contributed by atoms with Gasteiger partial charge in [0.1, 0.15) is 12.6 Å². The smallest absolute Gasteiger partial charge is 0.418 e. The summed E-state index contributed by atoms with van der Waals surface area (Å²) in [5.74, 6) is -1.01. The van der Waals surface area contributed by atoms with Crippen molar-refractivity contribution in [1.29, 1.82) is 5.26 Å². The predicted molar refractivity (Wildman–Crippen MR) is 103 cm³/mol. The second-order valence-electron chi connectivity index (χ2n) is 7.54. The molecular formula is C20H21N5O5. The molecule has 2 atom stereocenters. The maximum Gasteiger partial charge on any atom is 0.418 e. The van der Waals surface area contributed by atoms with Crippen LogP contribution in [0.3, 0.4) is 0 Å². The second kappa shape index (κ2) is 7.33. The van der Waals surface area contributed by atoms with Gasteiger partial charge in [-0.15, -0.1) is 0 Å². The first-order chi connectivity index (χ1) is 14.4. The minimum atomic E-state index is -1.45. The number of nitrogens with zero attached hydrogens (tertiary/aromatic N) is 3. The summed E-state index contributed by atoms with van der Waals surface area (Å²) in [5.41, 5.74) is 0.472. The molecule has 10 nitrogen and oxygen atoms in total. The highest BCUT2D eigenvalue weighted by atomic mass is 16.6. The van der Waals surface area contributed by atoms with Crippen LogP contribution in [0.4, 0.5) is 15.3 Å². The number of imide groups is 1. The Morgan fingerprint density at radius 2 is 2.17 bits per heavy atom. The van der Waals surface area contributed by atoms with Crippen molar-refractivity contribution in [1.82, 2.24) is 15.1 Å². The number of ether oxygens (including phenoxy) is 1. The van der Waals surface area contributed by atoms with Crippen molar-refractivity contribution in [3.8, 4) is 6.07 Å². The van der Waals surface area contributed by atoms with E-state index in [1.165, 1.54) is 11.9 Å². The number of fused-ring (bicyclic) bond motifs is 2. The van der Waals surface area contributed by atoms with Gasteiger partial charge in [0.05, 0.1) is 6.07 Å². The lowest BCUT2D eigenvalue weighted by atomic mass is 9.94. The molecule has 156 valence electrons. The molecule has 1 spiro atoms. The number of nitriles is 1. The Hall–Kier alpha value is -3.61. The minimum Gasteiger partial charge on any atom is -0.427 e. The third kappa shape index (κ3) is 3.03. The number of nitrogens with one attached hydrogen (secondary N) is 2. The minimum absolute atomic E-state index is 0.269. The summed E-state index contributed by atoms with van der Waals surface area (Å²) in [4.78, 5) is 52.0. The van der Waals surface area contributed by atoms with Crippen LogP contribution >= 0.6 is 0 Å². The lowest BCUT2D eigenvalue weighted by molar-refractivity contribution is -0.141. The molecule has 1 unspecified atom stereocenters. The van der Waals surface area contributed by atoms with Crippen molar-refractivity contribution in [3.05, 3.63) is 29.3 Å². The van der Waals surface area contributed by atoms with E-state index in [9.17, 15) is 24.4 Å². The van der Waals surface area contributed by atoms with Gasteiger partial charge in [-0.3, -0.25) is 9.59 Å². The van der Waals surface area contributed by atoms with E-state index in [1.807, 2.05) is 0 Å². The number of likely N-dealkylation sites (tertiary alicyclic amines) is 1. The van der Waals surface area contributed by atoms with E-state index in [4.69, 9.17) is 4.74 Å². The summed E-state index contributed by atoms with van der Waals surface area (Å²) in [6.45, 7) is -0.00747. The molecule has 2 aliphatic heterocycles. The highest BCUT2D eigenvalue weighted by Gasteiger charge is 2.58. The molecule has 2 fully saturated rings. The first-order valence-electron chi connectivity index (χ1n) is 9.76. The molecule has 2 heterocycles. The van der Waals surface area contributed by atoms with E-state index in [1.54, 1.807) is 18.2 Å². The molecule has 0 radical (unpaired) electrons. The number of benzene rings is 1. The Kier molecular flexibility index (Phi) is 4.81. The summed E-state index contributed by atoms with van der Waals surface area (Å²) < 4.78 is 5.52. The van der Waals surface area contributed by atoms with Gasteiger partial charge in [0.25, 0.3) is 5.91 Å². The van der Waals surface area contributed by atoms with Crippen LogP contribution in [0, 0.1) is 11.3 Å². The summed E-state index contributed by atoms with van der Waals surface area (Å²) in [7, 11) is 1.51. The second-order valence-corrected chi connectivity index (χ2v) is 7.54. The Balaban J connectivity index is 1.54. The number of urea groups is 1. The molecule has 0 saturated carbocycles. The molecule has 30 heavy (non-hydrogen) atoms. The third-order valence-corrected chi connectivity index (χ3v) is 5.86. The van der Waals surface area contributed by atoms with E-state index in [0.29, 0.717) is 37.1 Å². The van der Waals surface area contributed by atoms with Crippen molar-refractivity contribution >= 4 is 29.6 Å². The molecule has 5 amide bonds. The summed E-state index contributed by atoms with van der Waals surface area (Å²) >= 11 is 0. The van der Waals surface area contributed by atoms with Gasteiger partial charge in [-0.25, -0.2) is 14.5 Å². The van der Waals surface area contributed by atoms with Crippen LogP contribution in [0.5, 0.6) is 0 Å². The summed E-state index contributed by atoms with van der Waals surface area (Å²) in [6, 6.07) is 6.23. The van der Waals surface area contributed by atoms with E-state index in [2.05, 4.69) is 16.7 Å². The number of rotatable bonds is 3. The maximum atomic E-state index is 13.2. The third-order valence-electron chi connectivity index (χ3n) is 5.86. The van der Waals surface area contributed by atoms with Crippen LogP contribution in [0.2, 0.25) is 0 Å². The van der Waals surface area contributed by atoms with Crippen molar-refractivity contribution in [2.75, 3.05) is 25.5 Å². The van der Waals surface area contributed by atoms with Crippen LogP contribution in [-0.4, -0.2) is 59.9 Å². The molecule has 3 aliphatic rings. The molecule has 10 heteroatoms. The average Bonchev–Trinajstić information content (AvgIpc) is 3.41. The van der Waals surface area contributed by atoms with Gasteiger partial charge in [-0.05, 0) is 37.0 Å². The number of amides is 5. The highest BCUT2D eigenvalue weighted by Crippen LogP contribution is 2.46. The summed E-state index contributed by atoms with van der Waals surface area (Å²) in [5, 5.41) is 14.3. The van der Waals surface area contributed by atoms with Gasteiger partial charge in [0, 0.05) is 31.3 Å². The van der Waals surface area contributed by atoms with E-state index < -0.39 is 36.1 Å². The predicted octanol–water partition coefficient (Wildman–Crippen LogP) is 1.07. The normalized spacial score (nSPS) is 24.6. The van der Waals surface area contributed by atoms with Crippen LogP contribution < -0.4 is 10.6 Å². The number of hydrogen-bond donors (Lipinski definition) is 2. The molecule has 1 aromatic rings. The zero-order valence-corrected chi connectivity index (χ0v) is 16.4. The number of carbonyl (C=O) groups is 4. The van der Waals surface area contributed by atoms with Gasteiger partial charge < -0.3 is 20.3 Å². The van der Waals surface area contributed by atoms with Crippen molar-refractivity contribution in [3.63, 3.8) is 0 Å².